The number of fused-ring (bicyclic) bond motifs is 1. The van der Waals surface area contributed by atoms with Gasteiger partial charge in [0.05, 0.1) is 22.7 Å². The standard InChI is InChI=1S/C15H11ClN4/c16-12-4-5-13-14(7-12)20-15(19-13)18-9-11-3-1-2-10(6-11)8-17/h1-7H,9H2,(H2,18,19,20). The number of halogens is 1. The van der Waals surface area contributed by atoms with Gasteiger partial charge in [0.25, 0.3) is 0 Å². The predicted octanol–water partition coefficient (Wildman–Crippen LogP) is 3.70. The van der Waals surface area contributed by atoms with Crippen molar-refractivity contribution in [1.82, 2.24) is 9.97 Å². The molecule has 1 aromatic heterocycles. The van der Waals surface area contributed by atoms with Crippen molar-refractivity contribution in [2.75, 3.05) is 5.32 Å². The van der Waals surface area contributed by atoms with Gasteiger partial charge < -0.3 is 10.3 Å². The van der Waals surface area contributed by atoms with Crippen LogP contribution in [0.4, 0.5) is 5.95 Å². The van der Waals surface area contributed by atoms with Crippen LogP contribution in [0.15, 0.2) is 42.5 Å². The number of imidazole rings is 1. The second-order valence-corrected chi connectivity index (χ2v) is 4.85. The number of nitriles is 1. The number of anilines is 1. The van der Waals surface area contributed by atoms with E-state index in [1.165, 1.54) is 0 Å². The average Bonchev–Trinajstić information content (AvgIpc) is 2.87. The maximum atomic E-state index is 8.87. The number of hydrogen-bond acceptors (Lipinski definition) is 3. The van der Waals surface area contributed by atoms with Crippen molar-refractivity contribution in [3.63, 3.8) is 0 Å². The first-order chi connectivity index (χ1) is 9.74. The third kappa shape index (κ3) is 2.58. The Morgan fingerprint density at radius 3 is 3.00 bits per heavy atom. The molecule has 0 unspecified atom stereocenters. The zero-order valence-corrected chi connectivity index (χ0v) is 11.3. The number of rotatable bonds is 3. The Labute approximate surface area is 121 Å². The molecule has 1 heterocycles. The smallest absolute Gasteiger partial charge is 0.201 e. The highest BCUT2D eigenvalue weighted by Crippen LogP contribution is 2.19. The molecule has 4 nitrogen and oxygen atoms in total. The van der Waals surface area contributed by atoms with Gasteiger partial charge in [-0.3, -0.25) is 0 Å². The minimum Gasteiger partial charge on any atom is -0.352 e. The van der Waals surface area contributed by atoms with Crippen molar-refractivity contribution in [2.24, 2.45) is 0 Å². The number of aromatic nitrogens is 2. The second kappa shape index (κ2) is 5.24. The van der Waals surface area contributed by atoms with Gasteiger partial charge >= 0.3 is 0 Å². The minimum absolute atomic E-state index is 0.600. The molecule has 0 fully saturated rings. The lowest BCUT2D eigenvalue weighted by molar-refractivity contribution is 1.10. The number of benzene rings is 2. The van der Waals surface area contributed by atoms with Crippen LogP contribution in [0.5, 0.6) is 0 Å². The van der Waals surface area contributed by atoms with Crippen molar-refractivity contribution in [3.05, 3.63) is 58.6 Å². The van der Waals surface area contributed by atoms with Gasteiger partial charge in [0.1, 0.15) is 0 Å². The Morgan fingerprint density at radius 1 is 1.25 bits per heavy atom. The Bertz CT molecular complexity index is 801. The fourth-order valence-corrected chi connectivity index (χ4v) is 2.17. The molecule has 0 radical (unpaired) electrons. The molecule has 20 heavy (non-hydrogen) atoms. The van der Waals surface area contributed by atoms with Gasteiger partial charge in [0.15, 0.2) is 0 Å². The zero-order chi connectivity index (χ0) is 13.9. The van der Waals surface area contributed by atoms with E-state index < -0.39 is 0 Å². The van der Waals surface area contributed by atoms with Gasteiger partial charge in [-0.05, 0) is 35.9 Å². The largest absolute Gasteiger partial charge is 0.352 e. The summed E-state index contributed by atoms with van der Waals surface area (Å²) in [7, 11) is 0. The van der Waals surface area contributed by atoms with E-state index in [-0.39, 0.29) is 0 Å². The highest BCUT2D eigenvalue weighted by molar-refractivity contribution is 6.31. The van der Waals surface area contributed by atoms with Crippen molar-refractivity contribution in [1.29, 1.82) is 5.26 Å². The van der Waals surface area contributed by atoms with Crippen molar-refractivity contribution in [2.45, 2.75) is 6.54 Å². The molecule has 3 rings (SSSR count). The van der Waals surface area contributed by atoms with Crippen molar-refractivity contribution >= 4 is 28.6 Å². The quantitative estimate of drug-likeness (QED) is 0.770. The van der Waals surface area contributed by atoms with E-state index >= 15 is 0 Å². The van der Waals surface area contributed by atoms with Crippen LogP contribution in [0.25, 0.3) is 11.0 Å². The van der Waals surface area contributed by atoms with E-state index in [1.54, 1.807) is 6.07 Å². The summed E-state index contributed by atoms with van der Waals surface area (Å²) in [6.07, 6.45) is 0. The maximum absolute atomic E-state index is 8.87. The van der Waals surface area contributed by atoms with Gasteiger partial charge in [-0.1, -0.05) is 23.7 Å². The molecule has 0 atom stereocenters. The number of nitrogens with one attached hydrogen (secondary N) is 2. The van der Waals surface area contributed by atoms with Gasteiger partial charge in [-0.15, -0.1) is 0 Å². The molecule has 0 bridgehead atoms. The summed E-state index contributed by atoms with van der Waals surface area (Å²) < 4.78 is 0. The summed E-state index contributed by atoms with van der Waals surface area (Å²) in [4.78, 5) is 7.58. The van der Waals surface area contributed by atoms with Crippen LogP contribution in [-0.2, 0) is 6.54 Å². The average molecular weight is 283 g/mol. The van der Waals surface area contributed by atoms with Gasteiger partial charge in [-0.2, -0.15) is 5.26 Å². The van der Waals surface area contributed by atoms with Gasteiger partial charge in [0, 0.05) is 11.6 Å². The second-order valence-electron chi connectivity index (χ2n) is 4.41. The molecule has 0 aliphatic carbocycles. The maximum Gasteiger partial charge on any atom is 0.201 e. The Hall–Kier alpha value is -2.51. The van der Waals surface area contributed by atoms with E-state index in [4.69, 9.17) is 16.9 Å². The van der Waals surface area contributed by atoms with E-state index in [0.29, 0.717) is 23.1 Å². The fraction of sp³-hybridized carbons (Fsp3) is 0.0667. The van der Waals surface area contributed by atoms with Crippen LogP contribution in [0.2, 0.25) is 5.02 Å². The molecule has 0 saturated carbocycles. The number of hydrogen-bond donors (Lipinski definition) is 2. The Balaban J connectivity index is 1.78. The fourth-order valence-electron chi connectivity index (χ4n) is 2.00. The molecule has 0 aliphatic rings. The molecule has 2 aromatic carbocycles. The number of aromatic amines is 1. The van der Waals surface area contributed by atoms with E-state index in [2.05, 4.69) is 21.4 Å². The molecule has 0 amide bonds. The topological polar surface area (TPSA) is 64.5 Å². The van der Waals surface area contributed by atoms with Crippen LogP contribution in [0.3, 0.4) is 0 Å². The van der Waals surface area contributed by atoms with E-state index in [9.17, 15) is 0 Å². The highest BCUT2D eigenvalue weighted by Gasteiger charge is 2.03. The monoisotopic (exact) mass is 282 g/mol. The van der Waals surface area contributed by atoms with Crippen molar-refractivity contribution < 1.29 is 0 Å². The Morgan fingerprint density at radius 2 is 2.15 bits per heavy atom. The number of H-pyrrole nitrogens is 1. The number of nitrogens with zero attached hydrogens (tertiary/aromatic N) is 2. The van der Waals surface area contributed by atoms with E-state index in [0.717, 1.165) is 16.6 Å². The lowest BCUT2D eigenvalue weighted by Gasteiger charge is -2.03. The van der Waals surface area contributed by atoms with Gasteiger partial charge in [-0.25, -0.2) is 4.98 Å². The summed E-state index contributed by atoms with van der Waals surface area (Å²) in [5.74, 6) is 0.685. The summed E-state index contributed by atoms with van der Waals surface area (Å²) >= 11 is 5.94. The molecule has 0 aliphatic heterocycles. The molecule has 3 aromatic rings. The first kappa shape index (κ1) is 12.5. The molecule has 0 saturated heterocycles. The summed E-state index contributed by atoms with van der Waals surface area (Å²) in [6.45, 7) is 0.600. The summed E-state index contributed by atoms with van der Waals surface area (Å²) in [5, 5.41) is 12.7. The van der Waals surface area contributed by atoms with Crippen LogP contribution in [-0.4, -0.2) is 9.97 Å². The van der Waals surface area contributed by atoms with Crippen LogP contribution in [0, 0.1) is 11.3 Å². The van der Waals surface area contributed by atoms with Crippen LogP contribution < -0.4 is 5.32 Å². The minimum atomic E-state index is 0.600. The molecular formula is C15H11ClN4. The third-order valence-electron chi connectivity index (χ3n) is 2.96. The van der Waals surface area contributed by atoms with Gasteiger partial charge in [0.2, 0.25) is 5.95 Å². The molecule has 2 N–H and O–H groups in total. The molecule has 0 spiro atoms. The normalized spacial score (nSPS) is 10.4. The lowest BCUT2D eigenvalue weighted by atomic mass is 10.1. The van der Waals surface area contributed by atoms with Crippen LogP contribution >= 0.6 is 11.6 Å². The summed E-state index contributed by atoms with van der Waals surface area (Å²) in [5.41, 5.74) is 3.44. The van der Waals surface area contributed by atoms with E-state index in [1.807, 2.05) is 36.4 Å². The molecule has 5 heteroatoms. The summed E-state index contributed by atoms with van der Waals surface area (Å²) in [6, 6.07) is 15.1. The molecular weight excluding hydrogens is 272 g/mol. The first-order valence-corrected chi connectivity index (χ1v) is 6.50. The SMILES string of the molecule is N#Cc1cccc(CNc2nc3ccc(Cl)cc3[nH]2)c1. The van der Waals surface area contributed by atoms with Crippen molar-refractivity contribution in [3.8, 4) is 6.07 Å². The first-order valence-electron chi connectivity index (χ1n) is 6.13. The third-order valence-corrected chi connectivity index (χ3v) is 3.20. The Kier molecular flexibility index (Phi) is 3.28. The predicted molar refractivity (Wildman–Crippen MR) is 79.6 cm³/mol. The highest BCUT2D eigenvalue weighted by atomic mass is 35.5. The zero-order valence-electron chi connectivity index (χ0n) is 10.5. The lowest BCUT2D eigenvalue weighted by Crippen LogP contribution is -2.00. The van der Waals surface area contributed by atoms with Crippen LogP contribution in [0.1, 0.15) is 11.1 Å². The molecule has 98 valence electrons.